The largest absolute Gasteiger partial charge is 0.511 e. The number of nitrogens with two attached hydrogens (primary N) is 1. The first-order valence-electron chi connectivity index (χ1n) is 13.3. The van der Waals surface area contributed by atoms with E-state index in [1.54, 1.807) is 0 Å². The van der Waals surface area contributed by atoms with Gasteiger partial charge in [-0.2, -0.15) is 0 Å². The Labute approximate surface area is 226 Å². The van der Waals surface area contributed by atoms with Crippen LogP contribution in [0.25, 0.3) is 0 Å². The molecular formula is C28H37F2NO8. The first kappa shape index (κ1) is 29.2. The van der Waals surface area contributed by atoms with E-state index >= 15 is 0 Å². The van der Waals surface area contributed by atoms with Gasteiger partial charge in [0.25, 0.3) is 0 Å². The first-order chi connectivity index (χ1) is 18.2. The van der Waals surface area contributed by atoms with Gasteiger partial charge < -0.3 is 29.8 Å². The van der Waals surface area contributed by atoms with Gasteiger partial charge in [0.05, 0.1) is 25.2 Å². The summed E-state index contributed by atoms with van der Waals surface area (Å²) in [7, 11) is 0. The van der Waals surface area contributed by atoms with Crippen molar-refractivity contribution in [1.82, 2.24) is 0 Å². The molecule has 1 aromatic carbocycles. The summed E-state index contributed by atoms with van der Waals surface area (Å²) < 4.78 is 49.6. The number of aliphatic carboxylic acids is 1. The van der Waals surface area contributed by atoms with Gasteiger partial charge in [0.1, 0.15) is 11.9 Å². The summed E-state index contributed by atoms with van der Waals surface area (Å²) in [5, 5.41) is 9.18. The van der Waals surface area contributed by atoms with Crippen molar-refractivity contribution in [2.45, 2.75) is 96.6 Å². The van der Waals surface area contributed by atoms with Crippen LogP contribution in [0.15, 0.2) is 24.3 Å². The van der Waals surface area contributed by atoms with Gasteiger partial charge in [-0.25, -0.2) is 18.4 Å². The predicted molar refractivity (Wildman–Crippen MR) is 133 cm³/mol. The Balaban J connectivity index is 1.30. The number of fused-ring (bicyclic) bond motifs is 2. The van der Waals surface area contributed by atoms with Crippen LogP contribution in [0.4, 0.5) is 13.6 Å². The molecule has 216 valence electrons. The van der Waals surface area contributed by atoms with Crippen molar-refractivity contribution in [3.8, 4) is 0 Å². The zero-order chi connectivity index (χ0) is 28.8. The van der Waals surface area contributed by atoms with Crippen LogP contribution in [0.5, 0.6) is 0 Å². The zero-order valence-electron chi connectivity index (χ0n) is 22.7. The molecule has 3 aliphatic rings. The fourth-order valence-electron chi connectivity index (χ4n) is 6.39. The number of hydrogen-bond donors (Lipinski definition) is 2. The van der Waals surface area contributed by atoms with Crippen molar-refractivity contribution in [2.75, 3.05) is 0 Å². The van der Waals surface area contributed by atoms with Crippen LogP contribution in [0.1, 0.15) is 65.4 Å². The van der Waals surface area contributed by atoms with E-state index in [2.05, 4.69) is 20.8 Å². The van der Waals surface area contributed by atoms with E-state index in [4.69, 9.17) is 24.7 Å². The van der Waals surface area contributed by atoms with Crippen molar-refractivity contribution < 1.29 is 47.2 Å². The Bertz CT molecular complexity index is 1100. The minimum absolute atomic E-state index is 0.0393. The summed E-state index contributed by atoms with van der Waals surface area (Å²) in [5.41, 5.74) is 3.54. The number of benzene rings is 1. The number of carboxylic acids is 1. The van der Waals surface area contributed by atoms with Crippen molar-refractivity contribution in [3.63, 3.8) is 0 Å². The molecule has 3 N–H and O–H groups in total. The number of carboxylic acid groups (broad SMARTS) is 1. The van der Waals surface area contributed by atoms with Crippen LogP contribution in [0, 0.1) is 28.5 Å². The average Bonchev–Trinajstić information content (AvgIpc) is 3.21. The highest BCUT2D eigenvalue weighted by Crippen LogP contribution is 2.66. The summed E-state index contributed by atoms with van der Waals surface area (Å²) in [6, 6.07) is 4.22. The molecule has 8 atom stereocenters. The van der Waals surface area contributed by atoms with E-state index in [-0.39, 0.29) is 36.4 Å². The number of halogens is 2. The molecule has 1 aromatic rings. The second-order valence-corrected chi connectivity index (χ2v) is 11.8. The van der Waals surface area contributed by atoms with Gasteiger partial charge in [-0.15, -0.1) is 0 Å². The molecule has 39 heavy (non-hydrogen) atoms. The van der Waals surface area contributed by atoms with Crippen molar-refractivity contribution in [1.29, 1.82) is 0 Å². The minimum Gasteiger partial charge on any atom is -0.479 e. The van der Waals surface area contributed by atoms with Gasteiger partial charge in [0.15, 0.2) is 0 Å². The Morgan fingerprint density at radius 1 is 1.15 bits per heavy atom. The molecule has 0 radical (unpaired) electrons. The molecule has 0 aromatic heterocycles. The number of hydrogen-bond acceptors (Lipinski definition) is 8. The van der Waals surface area contributed by atoms with Gasteiger partial charge in [-0.05, 0) is 54.7 Å². The average molecular weight is 554 g/mol. The van der Waals surface area contributed by atoms with Gasteiger partial charge in [-0.3, -0.25) is 4.79 Å². The topological polar surface area (TPSA) is 134 Å². The molecule has 3 saturated carbocycles. The first-order valence-corrected chi connectivity index (χ1v) is 13.3. The van der Waals surface area contributed by atoms with Crippen LogP contribution in [0.2, 0.25) is 0 Å². The zero-order valence-corrected chi connectivity index (χ0v) is 22.7. The number of esters is 1. The number of alkyl halides is 1. The van der Waals surface area contributed by atoms with Crippen molar-refractivity contribution >= 4 is 18.1 Å². The monoisotopic (exact) mass is 553 g/mol. The smallest absolute Gasteiger partial charge is 0.479 e. The summed E-state index contributed by atoms with van der Waals surface area (Å²) in [6.07, 6.45) is -1.15. The van der Waals surface area contributed by atoms with Crippen molar-refractivity contribution in [2.24, 2.45) is 28.4 Å². The predicted octanol–water partition coefficient (Wildman–Crippen LogP) is 4.50. The normalized spacial score (nSPS) is 33.7. The van der Waals surface area contributed by atoms with E-state index in [0.29, 0.717) is 11.5 Å². The summed E-state index contributed by atoms with van der Waals surface area (Å²) in [5.74, 6) is -3.50. The third kappa shape index (κ3) is 5.61. The second-order valence-electron chi connectivity index (χ2n) is 11.8. The van der Waals surface area contributed by atoms with Gasteiger partial charge in [-0.1, -0.05) is 32.9 Å². The summed E-state index contributed by atoms with van der Waals surface area (Å²) in [6.45, 7) is 7.83. The van der Waals surface area contributed by atoms with E-state index in [0.717, 1.165) is 19.3 Å². The minimum atomic E-state index is -2.60. The molecule has 8 unspecified atom stereocenters. The molecule has 0 aliphatic heterocycles. The third-order valence-corrected chi connectivity index (χ3v) is 9.50. The van der Waals surface area contributed by atoms with Crippen molar-refractivity contribution in [3.05, 3.63) is 35.6 Å². The fraction of sp³-hybridized carbons (Fsp3) is 0.679. The maximum Gasteiger partial charge on any atom is 0.511 e. The van der Waals surface area contributed by atoms with E-state index < -0.39 is 53.9 Å². The maximum absolute atomic E-state index is 14.6. The fourth-order valence-corrected chi connectivity index (χ4v) is 6.39. The molecule has 11 heteroatoms. The van der Waals surface area contributed by atoms with Gasteiger partial charge in [0.2, 0.25) is 12.0 Å². The highest BCUT2D eigenvalue weighted by Gasteiger charge is 2.70. The highest BCUT2D eigenvalue weighted by molar-refractivity contribution is 5.83. The van der Waals surface area contributed by atoms with Crippen LogP contribution in [-0.4, -0.2) is 53.4 Å². The van der Waals surface area contributed by atoms with Gasteiger partial charge in [0, 0.05) is 18.3 Å². The lowest BCUT2D eigenvalue weighted by Crippen LogP contribution is -2.39. The lowest BCUT2D eigenvalue weighted by molar-refractivity contribution is -0.173. The molecule has 0 spiro atoms. The molecule has 9 nitrogen and oxygen atoms in total. The highest BCUT2D eigenvalue weighted by atomic mass is 19.1. The Hall–Kier alpha value is -2.79. The lowest BCUT2D eigenvalue weighted by Gasteiger charge is -2.38. The van der Waals surface area contributed by atoms with Crippen LogP contribution >= 0.6 is 0 Å². The SMILES string of the molecule is CC(OC(=O)CC(CC1C(N)C1(F)C(=O)O)OCc1ccc(F)cc1)OC(=O)OC1CC2CCC1(C)C2(C)C. The number of ether oxygens (including phenoxy) is 4. The van der Waals surface area contributed by atoms with E-state index in [1.807, 2.05) is 0 Å². The lowest BCUT2D eigenvalue weighted by atomic mass is 9.70. The Morgan fingerprint density at radius 3 is 2.36 bits per heavy atom. The van der Waals surface area contributed by atoms with Crippen LogP contribution in [-0.2, 0) is 35.1 Å². The molecular weight excluding hydrogens is 516 g/mol. The Morgan fingerprint density at radius 2 is 1.82 bits per heavy atom. The van der Waals surface area contributed by atoms with Crippen LogP contribution in [0.3, 0.4) is 0 Å². The second kappa shape index (κ2) is 10.6. The van der Waals surface area contributed by atoms with E-state index in [1.165, 1.54) is 31.2 Å². The van der Waals surface area contributed by atoms with Gasteiger partial charge >= 0.3 is 18.1 Å². The number of carbonyl (C=O) groups is 3. The third-order valence-electron chi connectivity index (χ3n) is 9.50. The summed E-state index contributed by atoms with van der Waals surface area (Å²) in [4.78, 5) is 36.4. The quantitative estimate of drug-likeness (QED) is 0.300. The number of rotatable bonds is 11. The molecule has 4 rings (SSSR count). The molecule has 3 aliphatic carbocycles. The molecule has 0 amide bonds. The Kier molecular flexibility index (Phi) is 7.97. The number of carbonyl (C=O) groups excluding carboxylic acids is 2. The molecule has 0 heterocycles. The summed E-state index contributed by atoms with van der Waals surface area (Å²) >= 11 is 0. The standard InChI is InChI=1S/C28H37F2NO8/c1-15(38-25(35)39-21-11-17-9-10-27(21,4)26(17,2)3)37-22(32)13-19(12-20-23(31)28(20,30)24(33)34)36-14-16-5-7-18(29)8-6-16/h5-8,15,17,19-21,23H,9-14,31H2,1-4H3,(H,33,34). The maximum atomic E-state index is 14.6. The molecule has 2 bridgehead atoms. The van der Waals surface area contributed by atoms with Crippen LogP contribution < -0.4 is 5.73 Å². The molecule has 3 fully saturated rings. The van der Waals surface area contributed by atoms with E-state index in [9.17, 15) is 28.3 Å². The molecule has 0 saturated heterocycles.